The highest BCUT2D eigenvalue weighted by Crippen LogP contribution is 2.19. The first-order chi connectivity index (χ1) is 13.4. The van der Waals surface area contributed by atoms with Gasteiger partial charge in [0.05, 0.1) is 17.0 Å². The highest BCUT2D eigenvalue weighted by molar-refractivity contribution is 5.91. The lowest BCUT2D eigenvalue weighted by Crippen LogP contribution is -2.28. The number of hydrogen-bond donors (Lipinski definition) is 0. The maximum Gasteiger partial charge on any atom is 0.351 e. The van der Waals surface area contributed by atoms with Gasteiger partial charge < -0.3 is 0 Å². The standard InChI is InChI=1S/C20H19N5O3/c1-13(2)11-18-21-19-16-5-3-4-6-17(16)23(20(26)24(19)22-18)12-14-7-9-15(10-8-14)25(27)28/h3-10,13H,11-12H2,1-2H3. The second-order valence-electron chi connectivity index (χ2n) is 7.17. The molecule has 0 aliphatic rings. The molecule has 0 amide bonds. The molecule has 0 radical (unpaired) electrons. The molecule has 0 aliphatic carbocycles. The first kappa shape index (κ1) is 17.8. The highest BCUT2D eigenvalue weighted by Gasteiger charge is 2.16. The summed E-state index contributed by atoms with van der Waals surface area (Å²) in [5.41, 5.74) is 1.83. The quantitative estimate of drug-likeness (QED) is 0.393. The Labute approximate surface area is 160 Å². The molecule has 4 rings (SSSR count). The molecule has 0 unspecified atom stereocenters. The van der Waals surface area contributed by atoms with Crippen LogP contribution in [0.5, 0.6) is 0 Å². The fourth-order valence-corrected chi connectivity index (χ4v) is 3.29. The van der Waals surface area contributed by atoms with Crippen molar-refractivity contribution >= 4 is 22.2 Å². The monoisotopic (exact) mass is 377 g/mol. The van der Waals surface area contributed by atoms with Crippen LogP contribution in [0.2, 0.25) is 0 Å². The maximum absolute atomic E-state index is 13.1. The average molecular weight is 377 g/mol. The van der Waals surface area contributed by atoms with E-state index < -0.39 is 4.92 Å². The summed E-state index contributed by atoms with van der Waals surface area (Å²) in [6.07, 6.45) is 0.692. The Balaban J connectivity index is 1.88. The Hall–Kier alpha value is -3.55. The molecule has 4 aromatic rings. The van der Waals surface area contributed by atoms with Crippen LogP contribution in [0.4, 0.5) is 5.69 Å². The zero-order chi connectivity index (χ0) is 19.8. The molecule has 28 heavy (non-hydrogen) atoms. The van der Waals surface area contributed by atoms with Gasteiger partial charge in [0.1, 0.15) is 0 Å². The van der Waals surface area contributed by atoms with Gasteiger partial charge in [-0.05, 0) is 23.6 Å². The number of fused-ring (bicyclic) bond motifs is 3. The fraction of sp³-hybridized carbons (Fsp3) is 0.250. The Morgan fingerprint density at radius 3 is 2.50 bits per heavy atom. The Bertz CT molecular complexity index is 1240. The average Bonchev–Trinajstić information content (AvgIpc) is 3.09. The van der Waals surface area contributed by atoms with Crippen molar-refractivity contribution in [3.63, 3.8) is 0 Å². The summed E-state index contributed by atoms with van der Waals surface area (Å²) in [6.45, 7) is 4.44. The van der Waals surface area contributed by atoms with Crippen molar-refractivity contribution < 1.29 is 4.92 Å². The summed E-state index contributed by atoms with van der Waals surface area (Å²) in [7, 11) is 0. The molecular formula is C20H19N5O3. The van der Waals surface area contributed by atoms with Crippen LogP contribution in [-0.2, 0) is 13.0 Å². The lowest BCUT2D eigenvalue weighted by atomic mass is 10.1. The predicted octanol–water partition coefficient (Wildman–Crippen LogP) is 3.20. The second kappa shape index (κ2) is 6.88. The molecule has 2 aromatic heterocycles. The van der Waals surface area contributed by atoms with E-state index in [4.69, 9.17) is 0 Å². The van der Waals surface area contributed by atoms with E-state index in [0.29, 0.717) is 23.8 Å². The highest BCUT2D eigenvalue weighted by atomic mass is 16.6. The maximum atomic E-state index is 13.1. The lowest BCUT2D eigenvalue weighted by Gasteiger charge is -2.11. The molecule has 0 saturated carbocycles. The first-order valence-electron chi connectivity index (χ1n) is 9.04. The van der Waals surface area contributed by atoms with Gasteiger partial charge in [-0.3, -0.25) is 14.7 Å². The topological polar surface area (TPSA) is 95.3 Å². The fourth-order valence-electron chi connectivity index (χ4n) is 3.29. The summed E-state index contributed by atoms with van der Waals surface area (Å²) in [5.74, 6) is 1.02. The van der Waals surface area contributed by atoms with E-state index in [0.717, 1.165) is 16.5 Å². The Morgan fingerprint density at radius 2 is 1.82 bits per heavy atom. The van der Waals surface area contributed by atoms with Crippen molar-refractivity contribution in [3.8, 4) is 0 Å². The number of benzene rings is 2. The summed E-state index contributed by atoms with van der Waals surface area (Å²) in [6, 6.07) is 13.8. The number of hydrogen-bond acceptors (Lipinski definition) is 5. The largest absolute Gasteiger partial charge is 0.351 e. The molecule has 2 aromatic carbocycles. The van der Waals surface area contributed by atoms with Gasteiger partial charge in [-0.15, -0.1) is 5.10 Å². The van der Waals surface area contributed by atoms with Crippen molar-refractivity contribution in [3.05, 3.63) is 80.5 Å². The van der Waals surface area contributed by atoms with Crippen LogP contribution in [0.25, 0.3) is 16.6 Å². The third-order valence-corrected chi connectivity index (χ3v) is 4.58. The first-order valence-corrected chi connectivity index (χ1v) is 9.04. The van der Waals surface area contributed by atoms with E-state index in [2.05, 4.69) is 23.9 Å². The molecule has 2 heterocycles. The van der Waals surface area contributed by atoms with Gasteiger partial charge in [-0.1, -0.05) is 38.1 Å². The van der Waals surface area contributed by atoms with Crippen molar-refractivity contribution in [2.45, 2.75) is 26.8 Å². The van der Waals surface area contributed by atoms with Gasteiger partial charge in [0, 0.05) is 23.9 Å². The zero-order valence-electron chi connectivity index (χ0n) is 15.6. The van der Waals surface area contributed by atoms with E-state index in [1.54, 1.807) is 16.7 Å². The minimum atomic E-state index is -0.441. The molecule has 0 aliphatic heterocycles. The summed E-state index contributed by atoms with van der Waals surface area (Å²) >= 11 is 0. The molecule has 8 heteroatoms. The van der Waals surface area contributed by atoms with Gasteiger partial charge in [0.2, 0.25) is 0 Å². The molecule has 0 atom stereocenters. The summed E-state index contributed by atoms with van der Waals surface area (Å²) in [5, 5.41) is 16.1. The number of para-hydroxylation sites is 1. The van der Waals surface area contributed by atoms with Crippen LogP contribution >= 0.6 is 0 Å². The van der Waals surface area contributed by atoms with Gasteiger partial charge in [0.15, 0.2) is 11.5 Å². The van der Waals surface area contributed by atoms with E-state index >= 15 is 0 Å². The van der Waals surface area contributed by atoms with Crippen LogP contribution in [0, 0.1) is 16.0 Å². The normalized spacial score (nSPS) is 11.5. The SMILES string of the molecule is CC(C)Cc1nc2c3ccccc3n(Cc3ccc([N+](=O)[O-])cc3)c(=O)n2n1. The van der Waals surface area contributed by atoms with E-state index in [1.807, 2.05) is 24.3 Å². The van der Waals surface area contributed by atoms with Gasteiger partial charge in [-0.25, -0.2) is 9.78 Å². The lowest BCUT2D eigenvalue weighted by molar-refractivity contribution is -0.384. The van der Waals surface area contributed by atoms with Crippen molar-refractivity contribution in [2.24, 2.45) is 5.92 Å². The van der Waals surface area contributed by atoms with Crippen LogP contribution in [0.3, 0.4) is 0 Å². The van der Waals surface area contributed by atoms with Crippen molar-refractivity contribution in [1.29, 1.82) is 0 Å². The smallest absolute Gasteiger partial charge is 0.287 e. The van der Waals surface area contributed by atoms with Crippen molar-refractivity contribution in [2.75, 3.05) is 0 Å². The summed E-state index contributed by atoms with van der Waals surface area (Å²) in [4.78, 5) is 28.1. The van der Waals surface area contributed by atoms with Crippen molar-refractivity contribution in [1.82, 2.24) is 19.2 Å². The van der Waals surface area contributed by atoms with Crippen LogP contribution in [0.15, 0.2) is 53.3 Å². The van der Waals surface area contributed by atoms with Gasteiger partial charge in [0.25, 0.3) is 5.69 Å². The van der Waals surface area contributed by atoms with Gasteiger partial charge in [-0.2, -0.15) is 4.52 Å². The van der Waals surface area contributed by atoms with Crippen LogP contribution in [0.1, 0.15) is 25.2 Å². The number of aromatic nitrogens is 4. The minimum Gasteiger partial charge on any atom is -0.287 e. The molecule has 0 N–H and O–H groups in total. The van der Waals surface area contributed by atoms with E-state index in [-0.39, 0.29) is 17.9 Å². The molecule has 0 fully saturated rings. The molecular weight excluding hydrogens is 358 g/mol. The van der Waals surface area contributed by atoms with E-state index in [1.165, 1.54) is 16.6 Å². The zero-order valence-corrected chi connectivity index (χ0v) is 15.6. The third kappa shape index (κ3) is 3.13. The molecule has 0 spiro atoms. The number of non-ortho nitro benzene ring substituents is 1. The van der Waals surface area contributed by atoms with Crippen LogP contribution < -0.4 is 5.69 Å². The molecule has 0 saturated heterocycles. The Kier molecular flexibility index (Phi) is 4.38. The van der Waals surface area contributed by atoms with Crippen LogP contribution in [-0.4, -0.2) is 24.1 Å². The van der Waals surface area contributed by atoms with Gasteiger partial charge >= 0.3 is 5.69 Å². The minimum absolute atomic E-state index is 0.0195. The Morgan fingerprint density at radius 1 is 1.11 bits per heavy atom. The number of rotatable bonds is 5. The second-order valence-corrected chi connectivity index (χ2v) is 7.17. The predicted molar refractivity (Wildman–Crippen MR) is 105 cm³/mol. The number of nitro groups is 1. The van der Waals surface area contributed by atoms with E-state index in [9.17, 15) is 14.9 Å². The third-order valence-electron chi connectivity index (χ3n) is 4.58. The molecule has 142 valence electrons. The number of nitrogens with zero attached hydrogens (tertiary/aromatic N) is 5. The molecule has 0 bridgehead atoms. The molecule has 8 nitrogen and oxygen atoms in total. The number of nitro benzene ring substituents is 1. The summed E-state index contributed by atoms with van der Waals surface area (Å²) < 4.78 is 2.97.